The van der Waals surface area contributed by atoms with Crippen molar-refractivity contribution in [2.75, 3.05) is 6.61 Å². The third-order valence-electron chi connectivity index (χ3n) is 1.07. The zero-order valence-corrected chi connectivity index (χ0v) is 7.41. The van der Waals surface area contributed by atoms with Crippen molar-refractivity contribution in [2.24, 2.45) is 5.73 Å². The van der Waals surface area contributed by atoms with E-state index >= 15 is 0 Å². The lowest BCUT2D eigenvalue weighted by Crippen LogP contribution is -2.17. The van der Waals surface area contributed by atoms with Crippen molar-refractivity contribution in [1.29, 1.82) is 0 Å². The van der Waals surface area contributed by atoms with Crippen molar-refractivity contribution in [2.45, 2.75) is 26.2 Å². The second kappa shape index (κ2) is 3.21. The highest BCUT2D eigenvalue weighted by Crippen LogP contribution is 2.55. The molecule has 1 rings (SSSR count). The fourth-order valence-corrected chi connectivity index (χ4v) is 2.21. The fourth-order valence-electron chi connectivity index (χ4n) is 0.736. The summed E-state index contributed by atoms with van der Waals surface area (Å²) in [7, 11) is -3.31. The monoisotopic (exact) mass is 181 g/mol. The fraction of sp³-hybridized carbons (Fsp3) is 1.00. The van der Waals surface area contributed by atoms with Crippen LogP contribution in [0.5, 0.6) is 0 Å². The minimum atomic E-state index is -3.31. The second-order valence-electron chi connectivity index (χ2n) is 2.47. The Bertz CT molecular complexity index is 183. The van der Waals surface area contributed by atoms with E-state index in [0.717, 1.165) is 0 Å². The highest BCUT2D eigenvalue weighted by atomic mass is 31.2. The molecule has 0 bridgehead atoms. The number of hydrogen-bond donors (Lipinski definition) is 1. The van der Waals surface area contributed by atoms with E-state index < -0.39 is 14.1 Å². The minimum absolute atomic E-state index is 0.181. The summed E-state index contributed by atoms with van der Waals surface area (Å²) >= 11 is 0. The molecule has 1 saturated heterocycles. The number of nitrogens with two attached hydrogens (primary N) is 1. The van der Waals surface area contributed by atoms with Crippen LogP contribution in [0.1, 0.15) is 13.8 Å². The first-order valence-electron chi connectivity index (χ1n) is 3.39. The molecule has 1 fully saturated rings. The van der Waals surface area contributed by atoms with Gasteiger partial charge in [-0.1, -0.05) is 0 Å². The van der Waals surface area contributed by atoms with Crippen molar-refractivity contribution < 1.29 is 18.1 Å². The van der Waals surface area contributed by atoms with Crippen molar-refractivity contribution in [3.8, 4) is 0 Å². The smallest absolute Gasteiger partial charge is 0.306 e. The van der Waals surface area contributed by atoms with Crippen LogP contribution in [0.25, 0.3) is 0 Å². The first-order valence-corrected chi connectivity index (χ1v) is 4.85. The standard InChI is InChI=1S/C5H12NO4P/c1-4-3-8-11(7,9-4)10-5(2)6/h4-5H,3,6H2,1-2H3. The van der Waals surface area contributed by atoms with E-state index in [9.17, 15) is 4.57 Å². The van der Waals surface area contributed by atoms with Crippen molar-refractivity contribution >= 4 is 7.82 Å². The van der Waals surface area contributed by atoms with E-state index in [1.165, 1.54) is 0 Å². The Hall–Kier alpha value is 0.0700. The summed E-state index contributed by atoms with van der Waals surface area (Å²) in [5.41, 5.74) is 5.25. The summed E-state index contributed by atoms with van der Waals surface area (Å²) < 4.78 is 25.7. The van der Waals surface area contributed by atoms with Crippen LogP contribution in [0.2, 0.25) is 0 Å². The summed E-state index contributed by atoms with van der Waals surface area (Å²) in [6.45, 7) is 3.61. The van der Waals surface area contributed by atoms with Crippen LogP contribution in [-0.2, 0) is 18.1 Å². The van der Waals surface area contributed by atoms with Crippen LogP contribution in [-0.4, -0.2) is 18.9 Å². The summed E-state index contributed by atoms with van der Waals surface area (Å²) in [4.78, 5) is 0. The van der Waals surface area contributed by atoms with Gasteiger partial charge in [0.15, 0.2) is 0 Å². The van der Waals surface area contributed by atoms with Gasteiger partial charge in [0.1, 0.15) is 6.23 Å². The largest absolute Gasteiger partial charge is 0.476 e. The maximum Gasteiger partial charge on any atom is 0.476 e. The van der Waals surface area contributed by atoms with Crippen LogP contribution >= 0.6 is 7.82 Å². The average Bonchev–Trinajstić information content (AvgIpc) is 2.08. The van der Waals surface area contributed by atoms with E-state index in [1.54, 1.807) is 13.8 Å². The average molecular weight is 181 g/mol. The van der Waals surface area contributed by atoms with Crippen LogP contribution < -0.4 is 5.73 Å². The molecule has 1 heterocycles. The first kappa shape index (κ1) is 9.16. The molecule has 1 aliphatic rings. The van der Waals surface area contributed by atoms with Crippen molar-refractivity contribution in [1.82, 2.24) is 0 Å². The molecule has 0 spiro atoms. The third kappa shape index (κ3) is 2.54. The summed E-state index contributed by atoms with van der Waals surface area (Å²) in [5, 5.41) is 0. The van der Waals surface area contributed by atoms with E-state index in [1.807, 2.05) is 0 Å². The molecule has 0 aromatic rings. The van der Waals surface area contributed by atoms with Gasteiger partial charge in [0.2, 0.25) is 0 Å². The lowest BCUT2D eigenvalue weighted by Gasteiger charge is -2.12. The molecule has 6 heteroatoms. The molecule has 3 unspecified atom stereocenters. The van der Waals surface area contributed by atoms with Gasteiger partial charge in [-0.15, -0.1) is 0 Å². The number of rotatable bonds is 2. The molecular formula is C5H12NO4P. The third-order valence-corrected chi connectivity index (χ3v) is 2.75. The summed E-state index contributed by atoms with van der Waals surface area (Å²) in [6, 6.07) is 0. The lowest BCUT2D eigenvalue weighted by atomic mass is 10.5. The number of phosphoric ester groups is 1. The highest BCUT2D eigenvalue weighted by Gasteiger charge is 2.37. The molecule has 2 N–H and O–H groups in total. The molecule has 0 aliphatic carbocycles. The predicted molar refractivity (Wildman–Crippen MR) is 38.8 cm³/mol. The zero-order valence-electron chi connectivity index (χ0n) is 6.52. The summed E-state index contributed by atoms with van der Waals surface area (Å²) in [6.07, 6.45) is -0.814. The van der Waals surface area contributed by atoms with Gasteiger partial charge in [-0.05, 0) is 13.8 Å². The molecule has 5 nitrogen and oxygen atoms in total. The van der Waals surface area contributed by atoms with E-state index in [4.69, 9.17) is 19.3 Å². The Kier molecular flexibility index (Phi) is 2.67. The quantitative estimate of drug-likeness (QED) is 0.505. The predicted octanol–water partition coefficient (Wildman–Crippen LogP) is 0.851. The molecule has 0 aromatic heterocycles. The maximum absolute atomic E-state index is 11.3. The highest BCUT2D eigenvalue weighted by molar-refractivity contribution is 7.48. The maximum atomic E-state index is 11.3. The van der Waals surface area contributed by atoms with Gasteiger partial charge in [0.05, 0.1) is 12.7 Å². The normalized spacial score (nSPS) is 40.8. The van der Waals surface area contributed by atoms with E-state index in [2.05, 4.69) is 0 Å². The Balaban J connectivity index is 2.49. The second-order valence-corrected chi connectivity index (χ2v) is 4.04. The Morgan fingerprint density at radius 1 is 1.82 bits per heavy atom. The van der Waals surface area contributed by atoms with Gasteiger partial charge in [-0.25, -0.2) is 4.57 Å². The van der Waals surface area contributed by atoms with Gasteiger partial charge in [0.25, 0.3) is 0 Å². The molecule has 0 saturated carbocycles. The summed E-state index contributed by atoms with van der Waals surface area (Å²) in [5.74, 6) is 0. The Morgan fingerprint density at radius 3 is 2.82 bits per heavy atom. The zero-order chi connectivity index (χ0) is 8.48. The van der Waals surface area contributed by atoms with Crippen LogP contribution in [0.3, 0.4) is 0 Å². The van der Waals surface area contributed by atoms with Crippen molar-refractivity contribution in [3.05, 3.63) is 0 Å². The molecule has 66 valence electrons. The van der Waals surface area contributed by atoms with Gasteiger partial charge < -0.3 is 5.73 Å². The number of hydrogen-bond acceptors (Lipinski definition) is 5. The Labute approximate surface area is 65.4 Å². The molecular weight excluding hydrogens is 169 g/mol. The van der Waals surface area contributed by atoms with Gasteiger partial charge in [-0.2, -0.15) is 0 Å². The van der Waals surface area contributed by atoms with Gasteiger partial charge in [0, 0.05) is 0 Å². The SMILES string of the molecule is CC(N)OP1(=O)OCC(C)O1. The lowest BCUT2D eigenvalue weighted by molar-refractivity contribution is 0.138. The molecule has 0 amide bonds. The van der Waals surface area contributed by atoms with Crippen LogP contribution in [0, 0.1) is 0 Å². The molecule has 0 radical (unpaired) electrons. The molecule has 0 aromatic carbocycles. The topological polar surface area (TPSA) is 70.8 Å². The molecule has 3 atom stereocenters. The van der Waals surface area contributed by atoms with Crippen molar-refractivity contribution in [3.63, 3.8) is 0 Å². The van der Waals surface area contributed by atoms with Crippen LogP contribution in [0.15, 0.2) is 0 Å². The van der Waals surface area contributed by atoms with E-state index in [0.29, 0.717) is 6.61 Å². The van der Waals surface area contributed by atoms with E-state index in [-0.39, 0.29) is 6.10 Å². The first-order chi connectivity index (χ1) is 5.02. The molecule has 11 heavy (non-hydrogen) atoms. The Morgan fingerprint density at radius 2 is 2.45 bits per heavy atom. The minimum Gasteiger partial charge on any atom is -0.306 e. The van der Waals surface area contributed by atoms with Gasteiger partial charge in [-0.3, -0.25) is 13.6 Å². The number of phosphoric acid groups is 1. The van der Waals surface area contributed by atoms with Crippen LogP contribution in [0.4, 0.5) is 0 Å². The molecule has 1 aliphatic heterocycles. The van der Waals surface area contributed by atoms with Gasteiger partial charge >= 0.3 is 7.82 Å².